The van der Waals surface area contributed by atoms with Crippen LogP contribution >= 0.6 is 0 Å². The summed E-state index contributed by atoms with van der Waals surface area (Å²) in [6.07, 6.45) is 0.161. The number of carboxylic acid groups (broad SMARTS) is 1. The first-order valence-electron chi connectivity index (χ1n) is 5.66. The number of hydrogen-bond acceptors (Lipinski definition) is 4. The van der Waals surface area contributed by atoms with Crippen LogP contribution in [0.2, 0.25) is 38.3 Å². The van der Waals surface area contributed by atoms with Crippen molar-refractivity contribution in [2.24, 2.45) is 0 Å². The number of rotatable bonds is 9. The average molecular weight is 278 g/mol. The number of carbonyl (C=O) groups excluding carboxylic acids is 1. The lowest BCUT2D eigenvalue weighted by molar-refractivity contribution is -0.136. The lowest BCUT2D eigenvalue weighted by Gasteiger charge is -2.33. The Morgan fingerprint density at radius 1 is 1.18 bits per heavy atom. The van der Waals surface area contributed by atoms with Crippen molar-refractivity contribution in [3.05, 3.63) is 0 Å². The molecule has 0 aromatic heterocycles. The third-order valence-corrected chi connectivity index (χ3v) is 9.67. The molecule has 0 bridgehead atoms. The minimum Gasteiger partial charge on any atom is -0.481 e. The molecule has 5 nitrogen and oxygen atoms in total. The van der Waals surface area contributed by atoms with Crippen molar-refractivity contribution >= 4 is 29.1 Å². The molecule has 0 aliphatic heterocycles. The van der Waals surface area contributed by atoms with Crippen molar-refractivity contribution in [1.29, 1.82) is 0 Å². The topological polar surface area (TPSA) is 72.8 Å². The van der Waals surface area contributed by atoms with Crippen LogP contribution < -0.4 is 0 Å². The summed E-state index contributed by atoms with van der Waals surface area (Å²) in [5, 5.41) is 8.67. The molecule has 100 valence electrons. The third-order valence-electron chi connectivity index (χ3n) is 2.38. The molecule has 0 fully saturated rings. The molecule has 0 amide bonds. The Morgan fingerprint density at radius 2 is 1.71 bits per heavy atom. The maximum absolute atomic E-state index is 10.5. The van der Waals surface area contributed by atoms with Crippen LogP contribution in [0.4, 0.5) is 0 Å². The highest BCUT2D eigenvalue weighted by Gasteiger charge is 2.33. The highest BCUT2D eigenvalue weighted by Crippen LogP contribution is 2.22. The second-order valence-electron chi connectivity index (χ2n) is 5.23. The van der Waals surface area contributed by atoms with Crippen LogP contribution in [0.25, 0.3) is 0 Å². The second-order valence-corrected chi connectivity index (χ2v) is 14.1. The first-order chi connectivity index (χ1) is 7.68. The molecule has 0 atom stereocenters. The molecular weight excluding hydrogens is 256 g/mol. The molecule has 17 heavy (non-hydrogen) atoms. The van der Waals surface area contributed by atoms with Gasteiger partial charge in [-0.2, -0.15) is 0 Å². The van der Waals surface area contributed by atoms with E-state index < -0.39 is 22.6 Å². The molecule has 7 heteroatoms. The molecule has 0 rings (SSSR count). The minimum absolute atomic E-state index is 0.161. The van der Waals surface area contributed by atoms with Gasteiger partial charge in [-0.1, -0.05) is 0 Å². The summed E-state index contributed by atoms with van der Waals surface area (Å²) in [5.41, 5.74) is 0. The molecule has 0 saturated carbocycles. The minimum atomic E-state index is -1.92. The summed E-state index contributed by atoms with van der Waals surface area (Å²) in [7, 11) is -3.79. The summed E-state index contributed by atoms with van der Waals surface area (Å²) in [6, 6.07) is 1.36. The van der Waals surface area contributed by atoms with Crippen molar-refractivity contribution in [2.45, 2.75) is 44.7 Å². The monoisotopic (exact) mass is 278 g/mol. The summed E-state index contributed by atoms with van der Waals surface area (Å²) in [5.74, 6) is -0.780. The molecule has 0 heterocycles. The van der Waals surface area contributed by atoms with Crippen LogP contribution in [0.1, 0.15) is 6.42 Å². The van der Waals surface area contributed by atoms with Crippen molar-refractivity contribution in [2.75, 3.05) is 6.61 Å². The zero-order valence-corrected chi connectivity index (χ0v) is 13.0. The quantitative estimate of drug-likeness (QED) is 0.397. The summed E-state index contributed by atoms with van der Waals surface area (Å²) in [6.45, 7) is 9.02. The molecule has 0 aliphatic rings. The third kappa shape index (κ3) is 9.07. The average Bonchev–Trinajstić information content (AvgIpc) is 2.13. The van der Waals surface area contributed by atoms with Crippen LogP contribution in [0.15, 0.2) is 0 Å². The van der Waals surface area contributed by atoms with E-state index in [0.29, 0.717) is 19.1 Å². The highest BCUT2D eigenvalue weighted by molar-refractivity contribution is 6.84. The van der Waals surface area contributed by atoms with E-state index in [1.807, 2.05) is 13.1 Å². The first kappa shape index (κ1) is 16.3. The zero-order valence-electron chi connectivity index (χ0n) is 11.0. The Balaban J connectivity index is 4.16. The lowest BCUT2D eigenvalue weighted by atomic mass is 10.5. The smallest absolute Gasteiger partial charge is 0.303 e. The summed E-state index contributed by atoms with van der Waals surface area (Å²) < 4.78 is 10.8. The van der Waals surface area contributed by atoms with Crippen molar-refractivity contribution in [3.63, 3.8) is 0 Å². The Bertz CT molecular complexity index is 265. The number of ether oxygens (including phenoxy) is 1. The van der Waals surface area contributed by atoms with Gasteiger partial charge >= 0.3 is 5.97 Å². The zero-order chi connectivity index (χ0) is 13.5. The largest absolute Gasteiger partial charge is 0.481 e. The predicted molar refractivity (Wildman–Crippen MR) is 69.9 cm³/mol. The number of hydrogen-bond donors (Lipinski definition) is 1. The summed E-state index contributed by atoms with van der Waals surface area (Å²) >= 11 is 0. The normalized spacial score (nSPS) is 12.2. The van der Waals surface area contributed by atoms with Gasteiger partial charge in [0.05, 0.1) is 6.61 Å². The standard InChI is InChI=1S/C10H22O5Si2/c1-16(2,7-5-10(12)13)15-17(3,4)8-6-14-9-11/h9H,5-8H2,1-4H3,(H,12,13). The van der Waals surface area contributed by atoms with Crippen molar-refractivity contribution in [1.82, 2.24) is 0 Å². The van der Waals surface area contributed by atoms with Gasteiger partial charge in [-0.3, -0.25) is 9.59 Å². The van der Waals surface area contributed by atoms with Gasteiger partial charge in [0.1, 0.15) is 0 Å². The van der Waals surface area contributed by atoms with E-state index >= 15 is 0 Å². The van der Waals surface area contributed by atoms with Crippen molar-refractivity contribution in [3.8, 4) is 0 Å². The molecular formula is C10H22O5Si2. The fraction of sp³-hybridized carbons (Fsp3) is 0.800. The van der Waals surface area contributed by atoms with E-state index in [0.717, 1.165) is 6.04 Å². The van der Waals surface area contributed by atoms with Gasteiger partial charge in [0.25, 0.3) is 6.47 Å². The van der Waals surface area contributed by atoms with E-state index in [9.17, 15) is 9.59 Å². The molecule has 0 aliphatic carbocycles. The number of aliphatic carboxylic acids is 1. The van der Waals surface area contributed by atoms with Gasteiger partial charge in [-0.15, -0.1) is 0 Å². The molecule has 0 aromatic rings. The Hall–Kier alpha value is -0.666. The van der Waals surface area contributed by atoms with E-state index in [1.165, 1.54) is 0 Å². The number of carboxylic acids is 1. The van der Waals surface area contributed by atoms with Crippen LogP contribution in [-0.2, 0) is 18.4 Å². The lowest BCUT2D eigenvalue weighted by Crippen LogP contribution is -2.45. The van der Waals surface area contributed by atoms with E-state index in [-0.39, 0.29) is 6.42 Å². The Labute approximate surface area is 104 Å². The van der Waals surface area contributed by atoms with Crippen LogP contribution in [-0.4, -0.2) is 40.8 Å². The summed E-state index contributed by atoms with van der Waals surface area (Å²) in [4.78, 5) is 20.6. The molecule has 0 aromatic carbocycles. The maximum Gasteiger partial charge on any atom is 0.303 e. The molecule has 0 saturated heterocycles. The second kappa shape index (κ2) is 6.92. The van der Waals surface area contributed by atoms with Gasteiger partial charge in [-0.05, 0) is 38.3 Å². The molecule has 0 radical (unpaired) electrons. The first-order valence-corrected chi connectivity index (χ1v) is 11.9. The van der Waals surface area contributed by atoms with Crippen LogP contribution in [0, 0.1) is 0 Å². The van der Waals surface area contributed by atoms with Crippen LogP contribution in [0.5, 0.6) is 0 Å². The van der Waals surface area contributed by atoms with E-state index in [4.69, 9.17) is 9.22 Å². The van der Waals surface area contributed by atoms with Crippen LogP contribution in [0.3, 0.4) is 0 Å². The molecule has 0 unspecified atom stereocenters. The van der Waals surface area contributed by atoms with E-state index in [2.05, 4.69) is 17.8 Å². The Kier molecular flexibility index (Phi) is 6.65. The van der Waals surface area contributed by atoms with Gasteiger partial charge in [0, 0.05) is 6.42 Å². The van der Waals surface area contributed by atoms with Gasteiger partial charge in [0.2, 0.25) is 0 Å². The van der Waals surface area contributed by atoms with Crippen molar-refractivity contribution < 1.29 is 23.5 Å². The van der Waals surface area contributed by atoms with E-state index in [1.54, 1.807) is 0 Å². The predicted octanol–water partition coefficient (Wildman–Crippen LogP) is 2.06. The highest BCUT2D eigenvalue weighted by atomic mass is 28.4. The molecule has 0 spiro atoms. The van der Waals surface area contributed by atoms with Gasteiger partial charge in [-0.25, -0.2) is 0 Å². The fourth-order valence-electron chi connectivity index (χ4n) is 1.61. The molecule has 1 N–H and O–H groups in total. The Morgan fingerprint density at radius 3 is 2.18 bits per heavy atom. The maximum atomic E-state index is 10.5. The number of carbonyl (C=O) groups is 2. The SMILES string of the molecule is C[Si](C)(CCOC=O)O[Si](C)(C)CCC(=O)O. The fourth-order valence-corrected chi connectivity index (χ4v) is 9.84. The van der Waals surface area contributed by atoms with Gasteiger partial charge in [0.15, 0.2) is 16.6 Å². The van der Waals surface area contributed by atoms with Gasteiger partial charge < -0.3 is 14.0 Å².